The van der Waals surface area contributed by atoms with Gasteiger partial charge < -0.3 is 19.6 Å². The second-order valence-electron chi connectivity index (χ2n) is 14.0. The van der Waals surface area contributed by atoms with Crippen LogP contribution in [0.4, 0.5) is 22.7 Å². The van der Waals surface area contributed by atoms with E-state index in [1.165, 1.54) is 93.9 Å². The van der Waals surface area contributed by atoms with Crippen LogP contribution in [-0.4, -0.2) is 57.4 Å². The van der Waals surface area contributed by atoms with Gasteiger partial charge in [0.05, 0.1) is 40.7 Å². The Kier molecular flexibility index (Phi) is 11.1. The van der Waals surface area contributed by atoms with Crippen molar-refractivity contribution in [2.24, 2.45) is 0 Å². The number of nitrogens with zero attached hydrogens (tertiary/aromatic N) is 4. The van der Waals surface area contributed by atoms with E-state index < -0.39 is 21.4 Å². The van der Waals surface area contributed by atoms with Gasteiger partial charge in [-0.15, -0.1) is 45.3 Å². The number of aromatic carboxylic acids is 1. The van der Waals surface area contributed by atoms with Crippen LogP contribution in [0.3, 0.4) is 0 Å². The van der Waals surface area contributed by atoms with Crippen molar-refractivity contribution in [1.29, 1.82) is 0 Å². The minimum Gasteiger partial charge on any atom is -0.477 e. The number of rotatable bonds is 6. The van der Waals surface area contributed by atoms with Gasteiger partial charge in [-0.05, 0) is 104 Å². The van der Waals surface area contributed by atoms with Crippen LogP contribution < -0.4 is 9.80 Å². The highest BCUT2D eigenvalue weighted by molar-refractivity contribution is 7.23. The molecular weight excluding hydrogens is 825 g/mol. The molecule has 0 aliphatic carbocycles. The number of carboxylic acids is 1. The van der Waals surface area contributed by atoms with Crippen LogP contribution in [0.15, 0.2) is 83.6 Å². The highest BCUT2D eigenvalue weighted by Gasteiger charge is 2.31. The molecule has 296 valence electrons. The minimum atomic E-state index is -0.954. The molecule has 14 nitrogen and oxygen atoms in total. The van der Waals surface area contributed by atoms with E-state index in [-0.39, 0.29) is 34.0 Å². The SMILES string of the molecule is CC(C)(C)OC(=O)c1cc2c(s1)-c1sccc1N(C(=O)c1ccc([N+](=O)[O-])cc1)CC2.O=C(O)c1cc2c(s1)-c1sccc1N(C(=O)c1ccc([N+](=O)[O-])cc1)CC2. The predicted molar refractivity (Wildman–Crippen MR) is 224 cm³/mol. The number of nitro groups is 2. The number of carboxylic acid groups (broad SMARTS) is 1. The summed E-state index contributed by atoms with van der Waals surface area (Å²) in [6, 6.07) is 18.4. The molecule has 0 radical (unpaired) electrons. The third kappa shape index (κ3) is 8.17. The second kappa shape index (κ2) is 16.0. The number of amides is 2. The average Bonchev–Trinajstić information content (AvgIpc) is 4.00. The largest absolute Gasteiger partial charge is 0.477 e. The van der Waals surface area contributed by atoms with E-state index in [4.69, 9.17) is 4.74 Å². The van der Waals surface area contributed by atoms with E-state index in [9.17, 15) is 44.5 Å². The smallest absolute Gasteiger partial charge is 0.348 e. The van der Waals surface area contributed by atoms with Crippen molar-refractivity contribution in [3.05, 3.63) is 136 Å². The molecule has 8 rings (SSSR count). The molecule has 0 bridgehead atoms. The Bertz CT molecular complexity index is 2600. The molecule has 0 saturated heterocycles. The quantitative estimate of drug-likeness (QED) is 0.0958. The van der Waals surface area contributed by atoms with Crippen LogP contribution in [-0.2, 0) is 17.6 Å². The van der Waals surface area contributed by atoms with E-state index in [1.807, 2.05) is 49.7 Å². The molecule has 0 spiro atoms. The Hall–Kier alpha value is -6.08. The maximum Gasteiger partial charge on any atom is 0.348 e. The molecular formula is C40H32N4O10S4. The predicted octanol–water partition coefficient (Wildman–Crippen LogP) is 9.83. The van der Waals surface area contributed by atoms with Crippen molar-refractivity contribution in [2.45, 2.75) is 39.2 Å². The van der Waals surface area contributed by atoms with Crippen LogP contribution in [0.25, 0.3) is 19.5 Å². The molecule has 1 N–H and O–H groups in total. The van der Waals surface area contributed by atoms with Crippen LogP contribution in [0, 0.1) is 20.2 Å². The normalized spacial score (nSPS) is 13.0. The van der Waals surface area contributed by atoms with Gasteiger partial charge in [0.2, 0.25) is 0 Å². The van der Waals surface area contributed by atoms with Crippen molar-refractivity contribution in [3.63, 3.8) is 0 Å². The number of thiophene rings is 4. The Morgan fingerprint density at radius 3 is 1.47 bits per heavy atom. The van der Waals surface area contributed by atoms with Gasteiger partial charge in [0, 0.05) is 48.5 Å². The fraction of sp³-hybridized carbons (Fsp3) is 0.200. The van der Waals surface area contributed by atoms with Crippen LogP contribution in [0.1, 0.15) is 72.0 Å². The van der Waals surface area contributed by atoms with Gasteiger partial charge in [-0.3, -0.25) is 29.8 Å². The van der Waals surface area contributed by atoms with Crippen LogP contribution in [0.2, 0.25) is 0 Å². The zero-order valence-corrected chi connectivity index (χ0v) is 34.2. The Labute approximate surface area is 346 Å². The van der Waals surface area contributed by atoms with Gasteiger partial charge in [-0.1, -0.05) is 0 Å². The van der Waals surface area contributed by atoms with Gasteiger partial charge in [0.15, 0.2) is 0 Å². The summed E-state index contributed by atoms with van der Waals surface area (Å²) in [6.07, 6.45) is 1.13. The summed E-state index contributed by atoms with van der Waals surface area (Å²) in [4.78, 5) is 78.6. The summed E-state index contributed by atoms with van der Waals surface area (Å²) >= 11 is 5.58. The standard InChI is InChI=1S/C22H20N2O5S2.C18H12N2O5S2/c1-22(2,3)29-21(26)17-12-14-8-10-23(16-9-11-30-19(16)18(14)31-17)20(25)13-4-6-15(7-5-13)24(27)28;21-17(10-1-3-12(4-2-10)20(24)25)19-7-5-11-9-14(18(22)23)27-15(11)16-13(19)6-8-26-16/h4-7,9,11-12H,8,10H2,1-3H3;1-4,6,8-9H,5,7H2,(H,22,23). The number of fused-ring (bicyclic) bond motifs is 6. The lowest BCUT2D eigenvalue weighted by Crippen LogP contribution is -2.32. The maximum atomic E-state index is 13.2. The van der Waals surface area contributed by atoms with E-state index >= 15 is 0 Å². The number of hydrogen-bond donors (Lipinski definition) is 1. The number of carbonyl (C=O) groups excluding carboxylic acids is 3. The number of carbonyl (C=O) groups is 4. The number of esters is 1. The third-order valence-corrected chi connectivity index (χ3v) is 13.5. The van der Waals surface area contributed by atoms with Gasteiger partial charge >= 0.3 is 11.9 Å². The number of hydrogen-bond acceptors (Lipinski definition) is 13. The van der Waals surface area contributed by atoms with Crippen LogP contribution in [0.5, 0.6) is 0 Å². The number of nitro benzene ring substituents is 2. The lowest BCUT2D eigenvalue weighted by Gasteiger charge is -2.21. The topological polar surface area (TPSA) is 190 Å². The molecule has 2 aliphatic heterocycles. The molecule has 0 fully saturated rings. The summed E-state index contributed by atoms with van der Waals surface area (Å²) < 4.78 is 5.51. The molecule has 58 heavy (non-hydrogen) atoms. The number of anilines is 2. The monoisotopic (exact) mass is 856 g/mol. The second-order valence-corrected chi connectivity index (χ2v) is 18.0. The highest BCUT2D eigenvalue weighted by atomic mass is 32.1. The molecule has 0 unspecified atom stereocenters. The van der Waals surface area contributed by atoms with Crippen molar-refractivity contribution < 1.29 is 38.9 Å². The first-order valence-corrected chi connectivity index (χ1v) is 21.0. The first kappa shape index (κ1) is 40.1. The van der Waals surface area contributed by atoms with E-state index in [0.717, 1.165) is 42.0 Å². The Morgan fingerprint density at radius 1 is 0.655 bits per heavy atom. The molecule has 4 aromatic heterocycles. The highest BCUT2D eigenvalue weighted by Crippen LogP contribution is 2.46. The third-order valence-electron chi connectivity index (χ3n) is 9.06. The average molecular weight is 857 g/mol. The summed E-state index contributed by atoms with van der Waals surface area (Å²) in [5.41, 5.74) is 3.51. The minimum absolute atomic E-state index is 0.0551. The molecule has 6 heterocycles. The molecule has 2 aromatic carbocycles. The van der Waals surface area contributed by atoms with Crippen LogP contribution >= 0.6 is 45.3 Å². The number of non-ortho nitro benzene ring substituents is 2. The fourth-order valence-electron chi connectivity index (χ4n) is 6.41. The molecule has 18 heteroatoms. The summed E-state index contributed by atoms with van der Waals surface area (Å²) in [7, 11) is 0. The van der Waals surface area contributed by atoms with E-state index in [0.29, 0.717) is 41.9 Å². The zero-order chi connectivity index (χ0) is 41.5. The van der Waals surface area contributed by atoms with Gasteiger partial charge in [-0.25, -0.2) is 9.59 Å². The van der Waals surface area contributed by atoms with Crippen molar-refractivity contribution in [2.75, 3.05) is 22.9 Å². The van der Waals surface area contributed by atoms with Crippen molar-refractivity contribution >= 4 is 91.8 Å². The zero-order valence-electron chi connectivity index (χ0n) is 31.0. The summed E-state index contributed by atoms with van der Waals surface area (Å²) in [6.45, 7) is 6.35. The molecule has 2 aliphatic rings. The molecule has 0 atom stereocenters. The van der Waals surface area contributed by atoms with E-state index in [2.05, 4.69) is 0 Å². The number of benzene rings is 2. The lowest BCUT2D eigenvalue weighted by molar-refractivity contribution is -0.385. The molecule has 2 amide bonds. The van der Waals surface area contributed by atoms with Gasteiger partial charge in [-0.2, -0.15) is 0 Å². The number of ether oxygens (including phenoxy) is 1. The molecule has 0 saturated carbocycles. The Balaban J connectivity index is 0.000000178. The maximum absolute atomic E-state index is 13.2. The summed E-state index contributed by atoms with van der Waals surface area (Å²) in [5.74, 6) is -1.75. The van der Waals surface area contributed by atoms with Crippen molar-refractivity contribution in [1.82, 2.24) is 0 Å². The molecule has 6 aromatic rings. The first-order chi connectivity index (χ1) is 27.6. The van der Waals surface area contributed by atoms with Gasteiger partial charge in [0.25, 0.3) is 23.2 Å². The van der Waals surface area contributed by atoms with Gasteiger partial charge in [0.1, 0.15) is 15.4 Å². The Morgan fingerprint density at radius 2 is 1.07 bits per heavy atom. The summed E-state index contributed by atoms with van der Waals surface area (Å²) in [5, 5.41) is 34.7. The van der Waals surface area contributed by atoms with Crippen molar-refractivity contribution in [3.8, 4) is 19.5 Å². The lowest BCUT2D eigenvalue weighted by atomic mass is 10.1. The van der Waals surface area contributed by atoms with E-state index in [1.54, 1.807) is 15.9 Å². The first-order valence-electron chi connectivity index (χ1n) is 17.6. The fourth-order valence-corrected chi connectivity index (χ4v) is 10.7.